The zero-order chi connectivity index (χ0) is 14.6. The molecule has 1 N–H and O–H groups in total. The molecule has 2 atom stereocenters. The number of rotatable bonds is 5. The summed E-state index contributed by atoms with van der Waals surface area (Å²) in [4.78, 5) is 0. The third-order valence-electron chi connectivity index (χ3n) is 3.11. The van der Waals surface area contributed by atoms with Gasteiger partial charge in [-0.2, -0.15) is 0 Å². The lowest BCUT2D eigenvalue weighted by atomic mass is 9.83. The van der Waals surface area contributed by atoms with Crippen LogP contribution in [0.15, 0.2) is 18.2 Å². The van der Waals surface area contributed by atoms with Gasteiger partial charge in [0.05, 0.1) is 20.3 Å². The van der Waals surface area contributed by atoms with Crippen molar-refractivity contribution in [2.24, 2.45) is 5.41 Å². The van der Waals surface area contributed by atoms with Crippen LogP contribution in [-0.4, -0.2) is 32.5 Å². The molecule has 0 radical (unpaired) electrons. The maximum absolute atomic E-state index is 10.5. The number of hydrogen-bond donors (Lipinski definition) is 1. The number of methoxy groups -OCH3 is 3. The lowest BCUT2D eigenvalue weighted by Crippen LogP contribution is -2.34. The quantitative estimate of drug-likeness (QED) is 0.892. The standard InChI is InChI=1S/C15H24O4/c1-15(2,3)14(19-6)13(16)10-7-11(17-4)9-12(8-10)18-5/h7-9,13-14,16H,1-6H3. The van der Waals surface area contributed by atoms with Crippen molar-refractivity contribution < 1.29 is 19.3 Å². The second-order valence-corrected chi connectivity index (χ2v) is 5.61. The average Bonchev–Trinajstić information content (AvgIpc) is 2.37. The maximum atomic E-state index is 10.5. The molecule has 0 bridgehead atoms. The van der Waals surface area contributed by atoms with E-state index in [1.807, 2.05) is 20.8 Å². The molecule has 0 aromatic heterocycles. The van der Waals surface area contributed by atoms with E-state index in [1.54, 1.807) is 39.5 Å². The molecule has 1 rings (SSSR count). The van der Waals surface area contributed by atoms with Gasteiger partial charge in [-0.3, -0.25) is 0 Å². The molecule has 0 aliphatic rings. The molecule has 0 aliphatic heterocycles. The van der Waals surface area contributed by atoms with Gasteiger partial charge in [-0.1, -0.05) is 20.8 Å². The van der Waals surface area contributed by atoms with Crippen LogP contribution in [-0.2, 0) is 4.74 Å². The minimum Gasteiger partial charge on any atom is -0.497 e. The molecule has 1 aromatic rings. The molecule has 0 spiro atoms. The van der Waals surface area contributed by atoms with E-state index in [9.17, 15) is 5.11 Å². The van der Waals surface area contributed by atoms with Crippen molar-refractivity contribution >= 4 is 0 Å². The highest BCUT2D eigenvalue weighted by molar-refractivity contribution is 5.39. The van der Waals surface area contributed by atoms with Gasteiger partial charge in [-0.05, 0) is 23.1 Å². The SMILES string of the molecule is COc1cc(OC)cc(C(O)C(OC)C(C)(C)C)c1. The van der Waals surface area contributed by atoms with Crippen molar-refractivity contribution in [1.82, 2.24) is 0 Å². The summed E-state index contributed by atoms with van der Waals surface area (Å²) in [5, 5.41) is 10.5. The molecule has 19 heavy (non-hydrogen) atoms. The summed E-state index contributed by atoms with van der Waals surface area (Å²) < 4.78 is 15.9. The van der Waals surface area contributed by atoms with Gasteiger partial charge in [0, 0.05) is 13.2 Å². The van der Waals surface area contributed by atoms with Crippen LogP contribution in [0.5, 0.6) is 11.5 Å². The lowest BCUT2D eigenvalue weighted by molar-refractivity contribution is -0.0725. The number of aliphatic hydroxyl groups excluding tert-OH is 1. The molecule has 4 nitrogen and oxygen atoms in total. The van der Waals surface area contributed by atoms with Gasteiger partial charge in [-0.15, -0.1) is 0 Å². The Labute approximate surface area is 115 Å². The summed E-state index contributed by atoms with van der Waals surface area (Å²) in [5.74, 6) is 1.30. The number of hydrogen-bond acceptors (Lipinski definition) is 4. The van der Waals surface area contributed by atoms with Crippen molar-refractivity contribution in [2.75, 3.05) is 21.3 Å². The van der Waals surface area contributed by atoms with E-state index in [0.717, 1.165) is 5.56 Å². The van der Waals surface area contributed by atoms with Crippen LogP contribution >= 0.6 is 0 Å². The van der Waals surface area contributed by atoms with Crippen LogP contribution in [0.1, 0.15) is 32.4 Å². The van der Waals surface area contributed by atoms with Crippen molar-refractivity contribution in [1.29, 1.82) is 0 Å². The molecular formula is C15H24O4. The minimum atomic E-state index is -0.742. The summed E-state index contributed by atoms with van der Waals surface area (Å²) in [6.45, 7) is 6.09. The van der Waals surface area contributed by atoms with Crippen molar-refractivity contribution in [3.63, 3.8) is 0 Å². The van der Waals surface area contributed by atoms with Crippen molar-refractivity contribution in [3.05, 3.63) is 23.8 Å². The zero-order valence-electron chi connectivity index (χ0n) is 12.6. The van der Waals surface area contributed by atoms with Gasteiger partial charge in [0.2, 0.25) is 0 Å². The Balaban J connectivity index is 3.13. The second-order valence-electron chi connectivity index (χ2n) is 5.61. The fourth-order valence-corrected chi connectivity index (χ4v) is 2.13. The fourth-order valence-electron chi connectivity index (χ4n) is 2.13. The van der Waals surface area contributed by atoms with E-state index in [0.29, 0.717) is 11.5 Å². The minimum absolute atomic E-state index is 0.176. The first-order valence-corrected chi connectivity index (χ1v) is 6.27. The smallest absolute Gasteiger partial charge is 0.122 e. The monoisotopic (exact) mass is 268 g/mol. The molecule has 4 heteroatoms. The van der Waals surface area contributed by atoms with Crippen LogP contribution in [0.2, 0.25) is 0 Å². The van der Waals surface area contributed by atoms with E-state index in [4.69, 9.17) is 14.2 Å². The highest BCUT2D eigenvalue weighted by atomic mass is 16.5. The predicted molar refractivity (Wildman–Crippen MR) is 74.8 cm³/mol. The summed E-state index contributed by atoms with van der Waals surface area (Å²) >= 11 is 0. The van der Waals surface area contributed by atoms with Crippen molar-refractivity contribution in [3.8, 4) is 11.5 Å². The third-order valence-corrected chi connectivity index (χ3v) is 3.11. The summed E-state index contributed by atoms with van der Waals surface area (Å²) in [5.41, 5.74) is 0.544. The van der Waals surface area contributed by atoms with E-state index in [2.05, 4.69) is 0 Å². The van der Waals surface area contributed by atoms with E-state index in [-0.39, 0.29) is 11.5 Å². The first kappa shape index (κ1) is 15.8. The fraction of sp³-hybridized carbons (Fsp3) is 0.600. The number of aliphatic hydroxyl groups is 1. The Kier molecular flexibility index (Phi) is 5.20. The maximum Gasteiger partial charge on any atom is 0.122 e. The van der Waals surface area contributed by atoms with Gasteiger partial charge in [-0.25, -0.2) is 0 Å². The second kappa shape index (κ2) is 6.26. The highest BCUT2D eigenvalue weighted by Crippen LogP contribution is 2.35. The van der Waals surface area contributed by atoms with Gasteiger partial charge >= 0.3 is 0 Å². The van der Waals surface area contributed by atoms with Gasteiger partial charge in [0.15, 0.2) is 0 Å². The Morgan fingerprint density at radius 1 is 0.947 bits per heavy atom. The molecule has 0 aliphatic carbocycles. The highest BCUT2D eigenvalue weighted by Gasteiger charge is 2.32. The van der Waals surface area contributed by atoms with Crippen LogP contribution in [0.3, 0.4) is 0 Å². The number of benzene rings is 1. The zero-order valence-corrected chi connectivity index (χ0v) is 12.6. The topological polar surface area (TPSA) is 47.9 Å². The number of ether oxygens (including phenoxy) is 3. The molecular weight excluding hydrogens is 244 g/mol. The summed E-state index contributed by atoms with van der Waals surface area (Å²) in [6.07, 6.45) is -1.06. The molecule has 0 heterocycles. The largest absolute Gasteiger partial charge is 0.497 e. The van der Waals surface area contributed by atoms with Crippen LogP contribution in [0, 0.1) is 5.41 Å². The molecule has 108 valence electrons. The Bertz CT molecular complexity index is 387. The van der Waals surface area contributed by atoms with Gasteiger partial charge < -0.3 is 19.3 Å². The predicted octanol–water partition coefficient (Wildman–Crippen LogP) is 2.80. The first-order chi connectivity index (χ1) is 8.83. The van der Waals surface area contributed by atoms with E-state index < -0.39 is 6.10 Å². The molecule has 0 fully saturated rings. The molecule has 0 saturated carbocycles. The van der Waals surface area contributed by atoms with Gasteiger partial charge in [0.1, 0.15) is 17.6 Å². The third kappa shape index (κ3) is 3.85. The van der Waals surface area contributed by atoms with Crippen LogP contribution < -0.4 is 9.47 Å². The molecule has 0 amide bonds. The van der Waals surface area contributed by atoms with Crippen LogP contribution in [0.25, 0.3) is 0 Å². The molecule has 1 aromatic carbocycles. The Morgan fingerprint density at radius 2 is 1.42 bits per heavy atom. The van der Waals surface area contributed by atoms with Gasteiger partial charge in [0.25, 0.3) is 0 Å². The molecule has 0 saturated heterocycles. The van der Waals surface area contributed by atoms with E-state index in [1.165, 1.54) is 0 Å². The molecule has 2 unspecified atom stereocenters. The van der Waals surface area contributed by atoms with E-state index >= 15 is 0 Å². The first-order valence-electron chi connectivity index (χ1n) is 6.27. The summed E-state index contributed by atoms with van der Waals surface area (Å²) in [6, 6.07) is 5.37. The summed E-state index contributed by atoms with van der Waals surface area (Å²) in [7, 11) is 4.78. The normalized spacial score (nSPS) is 14.9. The Hall–Kier alpha value is -1.26. The average molecular weight is 268 g/mol. The van der Waals surface area contributed by atoms with Crippen molar-refractivity contribution in [2.45, 2.75) is 33.0 Å². The van der Waals surface area contributed by atoms with Crippen LogP contribution in [0.4, 0.5) is 0 Å². The Morgan fingerprint density at radius 3 is 1.74 bits per heavy atom. The lowest BCUT2D eigenvalue weighted by Gasteiger charge is -2.33.